The summed E-state index contributed by atoms with van der Waals surface area (Å²) in [7, 11) is 0. The number of aromatic nitrogens is 1. The number of nitrogens with zero attached hydrogens (tertiary/aromatic N) is 2. The molecule has 5 heteroatoms. The van der Waals surface area contributed by atoms with Crippen LogP contribution in [0.15, 0.2) is 36.5 Å². The van der Waals surface area contributed by atoms with Crippen LogP contribution >= 0.6 is 23.2 Å². The summed E-state index contributed by atoms with van der Waals surface area (Å²) in [5, 5.41) is 13.0. The topological polar surface area (TPSA) is 48.7 Å². The molecule has 1 N–H and O–H groups in total. The Balaban J connectivity index is 2.14. The van der Waals surface area contributed by atoms with E-state index >= 15 is 0 Å². The molecule has 0 unspecified atom stereocenters. The molecule has 0 radical (unpaired) electrons. The van der Waals surface area contributed by atoms with E-state index in [0.717, 1.165) is 5.56 Å². The molecular formula is C13H9Cl2N3. The number of pyridine rings is 1. The number of hydrogen-bond donors (Lipinski definition) is 1. The summed E-state index contributed by atoms with van der Waals surface area (Å²) in [6.45, 7) is 0.528. The Bertz CT molecular complexity index is 585. The summed E-state index contributed by atoms with van der Waals surface area (Å²) < 4.78 is 0. The second-order valence-electron chi connectivity index (χ2n) is 3.61. The molecule has 18 heavy (non-hydrogen) atoms. The van der Waals surface area contributed by atoms with Crippen molar-refractivity contribution in [2.75, 3.05) is 5.32 Å². The van der Waals surface area contributed by atoms with E-state index in [1.54, 1.807) is 30.5 Å². The molecule has 1 heterocycles. The van der Waals surface area contributed by atoms with E-state index in [2.05, 4.69) is 10.3 Å². The van der Waals surface area contributed by atoms with Crippen LogP contribution in [-0.2, 0) is 6.54 Å². The number of anilines is 1. The average molecular weight is 278 g/mol. The second kappa shape index (κ2) is 5.72. The third kappa shape index (κ3) is 2.92. The number of hydrogen-bond acceptors (Lipinski definition) is 3. The minimum Gasteiger partial charge on any atom is -0.379 e. The monoisotopic (exact) mass is 277 g/mol. The van der Waals surface area contributed by atoms with Gasteiger partial charge in [-0.05, 0) is 29.8 Å². The third-order valence-electron chi connectivity index (χ3n) is 2.37. The molecule has 90 valence electrons. The van der Waals surface area contributed by atoms with Crippen molar-refractivity contribution < 1.29 is 0 Å². The number of para-hydroxylation sites is 1. The van der Waals surface area contributed by atoms with Crippen LogP contribution < -0.4 is 5.32 Å². The first-order valence-electron chi connectivity index (χ1n) is 5.23. The number of halogens is 2. The van der Waals surface area contributed by atoms with E-state index in [0.29, 0.717) is 28.0 Å². The van der Waals surface area contributed by atoms with Crippen molar-refractivity contribution in [2.24, 2.45) is 0 Å². The lowest BCUT2D eigenvalue weighted by Gasteiger charge is -2.10. The van der Waals surface area contributed by atoms with Crippen LogP contribution in [0.4, 0.5) is 5.69 Å². The van der Waals surface area contributed by atoms with Gasteiger partial charge in [0.1, 0.15) is 11.8 Å². The molecule has 2 rings (SSSR count). The molecule has 0 amide bonds. The van der Waals surface area contributed by atoms with Gasteiger partial charge < -0.3 is 5.32 Å². The molecule has 0 bridgehead atoms. The molecule has 0 saturated heterocycles. The lowest BCUT2D eigenvalue weighted by Crippen LogP contribution is -2.01. The zero-order valence-electron chi connectivity index (χ0n) is 9.32. The molecule has 0 spiro atoms. The molecule has 2 aromatic rings. The number of benzene rings is 1. The summed E-state index contributed by atoms with van der Waals surface area (Å²) in [5.74, 6) is 0. The lowest BCUT2D eigenvalue weighted by molar-refractivity contribution is 1.12. The van der Waals surface area contributed by atoms with Crippen LogP contribution in [0.2, 0.25) is 10.0 Å². The third-order valence-corrected chi connectivity index (χ3v) is 3.00. The first-order chi connectivity index (χ1) is 8.70. The number of nitrogens with one attached hydrogen (secondary N) is 1. The molecule has 0 fully saturated rings. The van der Waals surface area contributed by atoms with Crippen molar-refractivity contribution in [1.29, 1.82) is 5.26 Å². The van der Waals surface area contributed by atoms with Crippen LogP contribution in [0, 0.1) is 11.3 Å². The summed E-state index contributed by atoms with van der Waals surface area (Å²) in [4.78, 5) is 3.91. The standard InChI is InChI=1S/C13H9Cl2N3/c14-11-2-1-3-12(15)13(11)18-8-9-4-5-17-10(6-9)7-16/h1-6,18H,8H2. The maximum Gasteiger partial charge on any atom is 0.140 e. The van der Waals surface area contributed by atoms with Gasteiger partial charge in [0.2, 0.25) is 0 Å². The van der Waals surface area contributed by atoms with Gasteiger partial charge in [-0.3, -0.25) is 0 Å². The van der Waals surface area contributed by atoms with E-state index in [-0.39, 0.29) is 0 Å². The number of nitriles is 1. The molecule has 0 aliphatic rings. The minimum atomic E-state index is 0.388. The Kier molecular flexibility index (Phi) is 4.03. The van der Waals surface area contributed by atoms with Crippen molar-refractivity contribution in [3.05, 3.63) is 57.8 Å². The fourth-order valence-electron chi connectivity index (χ4n) is 1.50. The highest BCUT2D eigenvalue weighted by Gasteiger charge is 2.04. The van der Waals surface area contributed by atoms with Crippen molar-refractivity contribution >= 4 is 28.9 Å². The van der Waals surface area contributed by atoms with E-state index in [4.69, 9.17) is 28.5 Å². The molecule has 1 aromatic carbocycles. The van der Waals surface area contributed by atoms with Crippen molar-refractivity contribution in [3.63, 3.8) is 0 Å². The normalized spacial score (nSPS) is 9.83. The highest BCUT2D eigenvalue weighted by Crippen LogP contribution is 2.30. The summed E-state index contributed by atoms with van der Waals surface area (Å²) in [6.07, 6.45) is 1.60. The summed E-state index contributed by atoms with van der Waals surface area (Å²) >= 11 is 12.1. The van der Waals surface area contributed by atoms with E-state index in [9.17, 15) is 0 Å². The zero-order valence-corrected chi connectivity index (χ0v) is 10.8. The van der Waals surface area contributed by atoms with Gasteiger partial charge in [0, 0.05) is 12.7 Å². The first kappa shape index (κ1) is 12.7. The van der Waals surface area contributed by atoms with Gasteiger partial charge in [-0.2, -0.15) is 5.26 Å². The van der Waals surface area contributed by atoms with Crippen LogP contribution in [-0.4, -0.2) is 4.98 Å². The molecule has 0 aliphatic heterocycles. The minimum absolute atomic E-state index is 0.388. The predicted octanol–water partition coefficient (Wildman–Crippen LogP) is 3.87. The largest absolute Gasteiger partial charge is 0.379 e. The van der Waals surface area contributed by atoms with Crippen molar-refractivity contribution in [1.82, 2.24) is 4.98 Å². The average Bonchev–Trinajstić information content (AvgIpc) is 2.38. The SMILES string of the molecule is N#Cc1cc(CNc2c(Cl)cccc2Cl)ccn1. The predicted molar refractivity (Wildman–Crippen MR) is 72.7 cm³/mol. The van der Waals surface area contributed by atoms with Gasteiger partial charge in [0.25, 0.3) is 0 Å². The first-order valence-corrected chi connectivity index (χ1v) is 5.99. The highest BCUT2D eigenvalue weighted by atomic mass is 35.5. The second-order valence-corrected chi connectivity index (χ2v) is 4.43. The van der Waals surface area contributed by atoms with Gasteiger partial charge in [0.05, 0.1) is 15.7 Å². The fraction of sp³-hybridized carbons (Fsp3) is 0.0769. The van der Waals surface area contributed by atoms with E-state index in [1.807, 2.05) is 12.1 Å². The van der Waals surface area contributed by atoms with Gasteiger partial charge >= 0.3 is 0 Å². The van der Waals surface area contributed by atoms with Crippen LogP contribution in [0.25, 0.3) is 0 Å². The van der Waals surface area contributed by atoms with E-state index < -0.39 is 0 Å². The Morgan fingerprint density at radius 3 is 2.61 bits per heavy atom. The van der Waals surface area contributed by atoms with Crippen molar-refractivity contribution in [2.45, 2.75) is 6.54 Å². The van der Waals surface area contributed by atoms with Gasteiger partial charge in [-0.25, -0.2) is 4.98 Å². The molecule has 3 nitrogen and oxygen atoms in total. The molecule has 1 aromatic heterocycles. The maximum atomic E-state index is 8.76. The number of rotatable bonds is 3. The van der Waals surface area contributed by atoms with Crippen molar-refractivity contribution in [3.8, 4) is 6.07 Å². The zero-order chi connectivity index (χ0) is 13.0. The van der Waals surface area contributed by atoms with E-state index in [1.165, 1.54) is 0 Å². The Morgan fingerprint density at radius 2 is 1.94 bits per heavy atom. The Labute approximate surface area is 115 Å². The molecule has 0 aliphatic carbocycles. The molecular weight excluding hydrogens is 269 g/mol. The molecule has 0 atom stereocenters. The van der Waals surface area contributed by atoms with Crippen LogP contribution in [0.5, 0.6) is 0 Å². The quantitative estimate of drug-likeness (QED) is 0.927. The Hall–Kier alpha value is -1.76. The molecule has 0 saturated carbocycles. The highest BCUT2D eigenvalue weighted by molar-refractivity contribution is 6.39. The summed E-state index contributed by atoms with van der Waals surface area (Å²) in [5.41, 5.74) is 2.02. The maximum absolute atomic E-state index is 8.76. The summed E-state index contributed by atoms with van der Waals surface area (Å²) in [6, 6.07) is 10.9. The lowest BCUT2D eigenvalue weighted by atomic mass is 10.2. The van der Waals surface area contributed by atoms with Crippen LogP contribution in [0.1, 0.15) is 11.3 Å². The smallest absolute Gasteiger partial charge is 0.140 e. The van der Waals surface area contributed by atoms with Gasteiger partial charge in [0.15, 0.2) is 0 Å². The fourth-order valence-corrected chi connectivity index (χ4v) is 2.03. The van der Waals surface area contributed by atoms with Gasteiger partial charge in [-0.1, -0.05) is 29.3 Å². The van der Waals surface area contributed by atoms with Crippen LogP contribution in [0.3, 0.4) is 0 Å². The Morgan fingerprint density at radius 1 is 1.22 bits per heavy atom. The van der Waals surface area contributed by atoms with Gasteiger partial charge in [-0.15, -0.1) is 0 Å².